The standard InChI is InChI=1S/C20H28ClF2N3O3/c1-19(2,13-29-3)25-17(27)11-26-6-4-20(23,5-7-26)12-24-18(28)14-8-15(21)10-16(22)9-14/h8-10H,4-7,11-13H2,1-3H3,(H,24,28)(H,25,27). The van der Waals surface area contributed by atoms with Gasteiger partial charge in [-0.05, 0) is 44.9 Å². The number of alkyl halides is 1. The van der Waals surface area contributed by atoms with Crippen molar-refractivity contribution in [1.29, 1.82) is 0 Å². The minimum Gasteiger partial charge on any atom is -0.382 e. The van der Waals surface area contributed by atoms with E-state index in [1.807, 2.05) is 18.7 Å². The van der Waals surface area contributed by atoms with Gasteiger partial charge in [0, 0.05) is 30.8 Å². The average Bonchev–Trinajstić information content (AvgIpc) is 2.60. The number of benzene rings is 1. The van der Waals surface area contributed by atoms with Crippen LogP contribution in [0.2, 0.25) is 5.02 Å². The number of nitrogens with one attached hydrogen (secondary N) is 2. The molecule has 1 fully saturated rings. The van der Waals surface area contributed by atoms with Gasteiger partial charge in [-0.3, -0.25) is 14.5 Å². The molecule has 1 aromatic rings. The van der Waals surface area contributed by atoms with Gasteiger partial charge >= 0.3 is 0 Å². The summed E-state index contributed by atoms with van der Waals surface area (Å²) in [6, 6.07) is 3.48. The van der Waals surface area contributed by atoms with E-state index in [9.17, 15) is 14.0 Å². The minimum absolute atomic E-state index is 0.0476. The van der Waals surface area contributed by atoms with Gasteiger partial charge in [0.1, 0.15) is 11.5 Å². The fraction of sp³-hybridized carbons (Fsp3) is 0.600. The maximum absolute atomic E-state index is 15.0. The quantitative estimate of drug-likeness (QED) is 0.663. The number of halogens is 3. The molecular formula is C20H28ClF2N3O3. The van der Waals surface area contributed by atoms with Crippen LogP contribution in [0.3, 0.4) is 0 Å². The van der Waals surface area contributed by atoms with Crippen molar-refractivity contribution < 1.29 is 23.1 Å². The molecule has 0 bridgehead atoms. The van der Waals surface area contributed by atoms with Gasteiger partial charge in [0.25, 0.3) is 5.91 Å². The van der Waals surface area contributed by atoms with E-state index >= 15 is 4.39 Å². The molecule has 1 aromatic carbocycles. The highest BCUT2D eigenvalue weighted by Crippen LogP contribution is 2.26. The number of likely N-dealkylation sites (tertiary alicyclic amines) is 1. The molecule has 0 radical (unpaired) electrons. The van der Waals surface area contributed by atoms with E-state index in [0.717, 1.165) is 12.1 Å². The van der Waals surface area contributed by atoms with Crippen molar-refractivity contribution in [2.24, 2.45) is 0 Å². The van der Waals surface area contributed by atoms with Gasteiger partial charge in [0.15, 0.2) is 0 Å². The van der Waals surface area contributed by atoms with Crippen molar-refractivity contribution in [1.82, 2.24) is 15.5 Å². The first-order valence-electron chi connectivity index (χ1n) is 9.47. The van der Waals surface area contributed by atoms with Gasteiger partial charge in [-0.2, -0.15) is 0 Å². The smallest absolute Gasteiger partial charge is 0.251 e. The SMILES string of the molecule is COCC(C)(C)NC(=O)CN1CCC(F)(CNC(=O)c2cc(F)cc(Cl)c2)CC1. The molecule has 1 aliphatic heterocycles. The van der Waals surface area contributed by atoms with Gasteiger partial charge in [-0.1, -0.05) is 11.6 Å². The fourth-order valence-electron chi connectivity index (χ4n) is 3.33. The summed E-state index contributed by atoms with van der Waals surface area (Å²) in [6.07, 6.45) is 0.373. The topological polar surface area (TPSA) is 70.7 Å². The number of nitrogens with zero attached hydrogens (tertiary/aromatic N) is 1. The van der Waals surface area contributed by atoms with Crippen LogP contribution in [0.1, 0.15) is 37.0 Å². The number of hydrogen-bond acceptors (Lipinski definition) is 4. The molecule has 162 valence electrons. The number of amides is 2. The Hall–Kier alpha value is -1.77. The van der Waals surface area contributed by atoms with Crippen LogP contribution in [-0.2, 0) is 9.53 Å². The Bertz CT molecular complexity index is 717. The normalized spacial score (nSPS) is 17.0. The predicted molar refractivity (Wildman–Crippen MR) is 107 cm³/mol. The van der Waals surface area contributed by atoms with E-state index in [-0.39, 0.29) is 42.4 Å². The van der Waals surface area contributed by atoms with Crippen LogP contribution in [-0.4, -0.2) is 67.8 Å². The van der Waals surface area contributed by atoms with Gasteiger partial charge in [-0.15, -0.1) is 0 Å². The van der Waals surface area contributed by atoms with Gasteiger partial charge in [0.05, 0.1) is 25.2 Å². The van der Waals surface area contributed by atoms with Crippen molar-refractivity contribution in [2.75, 3.05) is 39.9 Å². The molecule has 1 heterocycles. The number of carbonyl (C=O) groups is 2. The van der Waals surface area contributed by atoms with Crippen LogP contribution >= 0.6 is 11.6 Å². The highest BCUT2D eigenvalue weighted by molar-refractivity contribution is 6.31. The summed E-state index contributed by atoms with van der Waals surface area (Å²) >= 11 is 5.75. The lowest BCUT2D eigenvalue weighted by atomic mass is 9.93. The van der Waals surface area contributed by atoms with Gasteiger partial charge in [0.2, 0.25) is 5.91 Å². The van der Waals surface area contributed by atoms with E-state index in [2.05, 4.69) is 10.6 Å². The number of rotatable bonds is 8. The highest BCUT2D eigenvalue weighted by Gasteiger charge is 2.35. The van der Waals surface area contributed by atoms with Gasteiger partial charge in [-0.25, -0.2) is 8.78 Å². The van der Waals surface area contributed by atoms with Crippen molar-refractivity contribution in [3.63, 3.8) is 0 Å². The number of carbonyl (C=O) groups excluding carboxylic acids is 2. The van der Waals surface area contributed by atoms with E-state index in [1.165, 1.54) is 6.07 Å². The summed E-state index contributed by atoms with van der Waals surface area (Å²) in [7, 11) is 1.57. The van der Waals surface area contributed by atoms with Crippen molar-refractivity contribution >= 4 is 23.4 Å². The number of methoxy groups -OCH3 is 1. The molecule has 0 saturated carbocycles. The lowest BCUT2D eigenvalue weighted by Crippen LogP contribution is -2.53. The Labute approximate surface area is 174 Å². The molecule has 1 saturated heterocycles. The minimum atomic E-state index is -1.57. The summed E-state index contributed by atoms with van der Waals surface area (Å²) < 4.78 is 33.5. The average molecular weight is 432 g/mol. The lowest BCUT2D eigenvalue weighted by molar-refractivity contribution is -0.125. The summed E-state index contributed by atoms with van der Waals surface area (Å²) in [5.41, 5.74) is -2.00. The molecule has 2 N–H and O–H groups in total. The first kappa shape index (κ1) is 23.5. The predicted octanol–water partition coefficient (Wildman–Crippen LogP) is 2.55. The second-order valence-electron chi connectivity index (χ2n) is 8.13. The zero-order valence-electron chi connectivity index (χ0n) is 17.0. The fourth-order valence-corrected chi connectivity index (χ4v) is 3.55. The van der Waals surface area contributed by atoms with Crippen LogP contribution < -0.4 is 10.6 Å². The Kier molecular flexibility index (Phi) is 7.96. The second kappa shape index (κ2) is 9.82. The monoisotopic (exact) mass is 431 g/mol. The lowest BCUT2D eigenvalue weighted by Gasteiger charge is -2.36. The molecule has 2 rings (SSSR count). The van der Waals surface area contributed by atoms with Crippen LogP contribution in [0.15, 0.2) is 18.2 Å². The molecule has 29 heavy (non-hydrogen) atoms. The van der Waals surface area contributed by atoms with Crippen LogP contribution in [0.25, 0.3) is 0 Å². The summed E-state index contributed by atoms with van der Waals surface area (Å²) in [5, 5.41) is 5.51. The molecule has 2 amide bonds. The van der Waals surface area contributed by atoms with E-state index in [4.69, 9.17) is 16.3 Å². The van der Waals surface area contributed by atoms with E-state index < -0.39 is 22.9 Å². The third kappa shape index (κ3) is 7.53. The largest absolute Gasteiger partial charge is 0.382 e. The van der Waals surface area contributed by atoms with Gasteiger partial charge < -0.3 is 15.4 Å². The molecule has 0 aliphatic carbocycles. The Morgan fingerprint density at radius 3 is 2.52 bits per heavy atom. The zero-order chi connectivity index (χ0) is 21.7. The summed E-state index contributed by atoms with van der Waals surface area (Å²) in [5.74, 6) is -1.35. The van der Waals surface area contributed by atoms with E-state index in [1.54, 1.807) is 7.11 Å². The Balaban J connectivity index is 1.80. The molecule has 0 aromatic heterocycles. The van der Waals surface area contributed by atoms with Crippen LogP contribution in [0.5, 0.6) is 0 Å². The number of ether oxygens (including phenoxy) is 1. The first-order chi connectivity index (χ1) is 13.5. The third-order valence-corrected chi connectivity index (χ3v) is 5.01. The second-order valence-corrected chi connectivity index (χ2v) is 8.57. The highest BCUT2D eigenvalue weighted by atomic mass is 35.5. The van der Waals surface area contributed by atoms with Crippen molar-refractivity contribution in [3.05, 3.63) is 34.6 Å². The zero-order valence-corrected chi connectivity index (χ0v) is 17.7. The summed E-state index contributed by atoms with van der Waals surface area (Å²) in [6.45, 7) is 4.92. The first-order valence-corrected chi connectivity index (χ1v) is 9.85. The molecule has 6 nitrogen and oxygen atoms in total. The Morgan fingerprint density at radius 2 is 1.93 bits per heavy atom. The molecule has 0 atom stereocenters. The molecule has 0 spiro atoms. The summed E-state index contributed by atoms with van der Waals surface area (Å²) in [4.78, 5) is 26.2. The molecule has 1 aliphatic rings. The Morgan fingerprint density at radius 1 is 1.28 bits per heavy atom. The van der Waals surface area contributed by atoms with Crippen LogP contribution in [0.4, 0.5) is 8.78 Å². The maximum atomic E-state index is 15.0. The van der Waals surface area contributed by atoms with Crippen molar-refractivity contribution in [3.8, 4) is 0 Å². The van der Waals surface area contributed by atoms with Crippen molar-refractivity contribution in [2.45, 2.75) is 37.9 Å². The molecule has 0 unspecified atom stereocenters. The number of hydrogen-bond donors (Lipinski definition) is 2. The third-order valence-electron chi connectivity index (χ3n) is 4.79. The van der Waals surface area contributed by atoms with E-state index in [0.29, 0.717) is 19.7 Å². The molecule has 9 heteroatoms. The maximum Gasteiger partial charge on any atom is 0.251 e. The van der Waals surface area contributed by atoms with Crippen LogP contribution in [0, 0.1) is 5.82 Å². The molecular weight excluding hydrogens is 404 g/mol. The number of piperidine rings is 1.